The van der Waals surface area contributed by atoms with Crippen molar-refractivity contribution in [1.82, 2.24) is 29.3 Å². The highest BCUT2D eigenvalue weighted by Gasteiger charge is 2.11. The average Bonchev–Trinajstić information content (AvgIpc) is 3.72. The Morgan fingerprint density at radius 1 is 0.744 bits per heavy atom. The molecule has 0 spiro atoms. The smallest absolute Gasteiger partial charge is 0.230 e. The van der Waals surface area contributed by atoms with Crippen LogP contribution in [0.15, 0.2) is 57.2 Å². The zero-order valence-corrected chi connectivity index (χ0v) is 27.3. The lowest BCUT2D eigenvalue weighted by Crippen LogP contribution is -2.27. The second-order valence-corrected chi connectivity index (χ2v) is 13.2. The molecule has 43 heavy (non-hydrogen) atoms. The molecule has 0 aliphatic heterocycles. The summed E-state index contributed by atoms with van der Waals surface area (Å²) in [7, 11) is 1.63. The van der Waals surface area contributed by atoms with Crippen molar-refractivity contribution in [3.05, 3.63) is 48.5 Å². The van der Waals surface area contributed by atoms with Crippen LogP contribution in [0.1, 0.15) is 32.6 Å². The highest BCUT2D eigenvalue weighted by atomic mass is 32.2. The van der Waals surface area contributed by atoms with Crippen molar-refractivity contribution in [2.75, 3.05) is 38.3 Å². The summed E-state index contributed by atoms with van der Waals surface area (Å²) in [6.45, 7) is 3.85. The van der Waals surface area contributed by atoms with E-state index < -0.39 is 0 Å². The number of aromatic nitrogens is 4. The lowest BCUT2D eigenvalue weighted by atomic mass is 10.2. The molecule has 0 fully saturated rings. The lowest BCUT2D eigenvalue weighted by Gasteiger charge is -2.07. The number of amides is 2. The van der Waals surface area contributed by atoms with Gasteiger partial charge in [0.05, 0.1) is 25.2 Å². The van der Waals surface area contributed by atoms with Gasteiger partial charge in [0.2, 0.25) is 11.8 Å². The van der Waals surface area contributed by atoms with Gasteiger partial charge in [-0.25, -0.2) is 9.97 Å². The molecule has 2 heterocycles. The number of hydrogen-bond donors (Lipinski definition) is 2. The summed E-state index contributed by atoms with van der Waals surface area (Å²) >= 11 is 5.34. The Bertz CT molecular complexity index is 1430. The fourth-order valence-electron chi connectivity index (χ4n) is 3.66. The van der Waals surface area contributed by atoms with Crippen LogP contribution in [0.5, 0.6) is 11.5 Å². The maximum atomic E-state index is 12.2. The minimum Gasteiger partial charge on any atom is -0.497 e. The molecule has 0 aliphatic rings. The number of ether oxygens (including phenoxy) is 2. The number of unbranched alkanes of at least 4 members (excludes halogenated alkanes) is 2. The Hall–Kier alpha value is -3.20. The molecule has 0 saturated carbocycles. The van der Waals surface area contributed by atoms with Gasteiger partial charge in [0.15, 0.2) is 20.3 Å². The summed E-state index contributed by atoms with van der Waals surface area (Å²) < 4.78 is 21.3. The first kappa shape index (κ1) is 32.7. The fraction of sp³-hybridized carbons (Fsp3) is 0.379. The van der Waals surface area contributed by atoms with Gasteiger partial charge >= 0.3 is 0 Å². The minimum absolute atomic E-state index is 0.0193. The van der Waals surface area contributed by atoms with Gasteiger partial charge < -0.3 is 20.1 Å². The molecule has 0 radical (unpaired) electrons. The largest absolute Gasteiger partial charge is 0.497 e. The van der Waals surface area contributed by atoms with Crippen molar-refractivity contribution in [2.45, 2.75) is 41.3 Å². The number of carbonyl (C=O) groups excluding carboxylic acids is 2. The molecule has 10 nitrogen and oxygen atoms in total. The van der Waals surface area contributed by atoms with Crippen molar-refractivity contribution in [2.24, 2.45) is 0 Å². The number of nitrogens with one attached hydrogen (secondary N) is 2. The van der Waals surface area contributed by atoms with Crippen molar-refractivity contribution >= 4 is 58.4 Å². The summed E-state index contributed by atoms with van der Waals surface area (Å²) in [6.07, 6.45) is 3.94. The van der Waals surface area contributed by atoms with E-state index in [1.165, 1.54) is 46.6 Å². The first-order valence-corrected chi connectivity index (χ1v) is 17.4. The molecule has 0 aliphatic carbocycles. The van der Waals surface area contributed by atoms with Crippen LogP contribution in [0, 0.1) is 0 Å². The Balaban J connectivity index is 1.09. The van der Waals surface area contributed by atoms with Crippen LogP contribution in [-0.2, 0) is 9.59 Å². The van der Waals surface area contributed by atoms with E-state index >= 15 is 0 Å². The number of methoxy groups -OCH3 is 1. The maximum absolute atomic E-state index is 12.2. The number of carbonyl (C=O) groups is 2. The summed E-state index contributed by atoms with van der Waals surface area (Å²) in [5, 5.41) is 5.85. The number of nitrogens with zero attached hydrogens (tertiary/aromatic N) is 4. The minimum atomic E-state index is -0.0588. The molecule has 228 valence electrons. The van der Waals surface area contributed by atoms with Crippen LogP contribution >= 0.6 is 46.6 Å². The van der Waals surface area contributed by atoms with E-state index in [0.29, 0.717) is 37.0 Å². The molecular weight excluding hydrogens is 625 g/mol. The molecule has 2 aromatic carbocycles. The monoisotopic (exact) mass is 658 g/mol. The summed E-state index contributed by atoms with van der Waals surface area (Å²) in [4.78, 5) is 33.3. The second kappa shape index (κ2) is 17.8. The van der Waals surface area contributed by atoms with E-state index in [1.54, 1.807) is 7.11 Å². The highest BCUT2D eigenvalue weighted by molar-refractivity contribution is 8.01. The molecule has 0 bridgehead atoms. The zero-order valence-electron chi connectivity index (χ0n) is 24.0. The van der Waals surface area contributed by atoms with Gasteiger partial charge in [-0.1, -0.05) is 43.3 Å². The van der Waals surface area contributed by atoms with Crippen LogP contribution in [0.3, 0.4) is 0 Å². The van der Waals surface area contributed by atoms with Crippen LogP contribution in [0.25, 0.3) is 22.8 Å². The van der Waals surface area contributed by atoms with Gasteiger partial charge in [0.25, 0.3) is 0 Å². The number of rotatable bonds is 18. The summed E-state index contributed by atoms with van der Waals surface area (Å²) in [5.41, 5.74) is 1.79. The first-order valence-electron chi connectivity index (χ1n) is 13.9. The van der Waals surface area contributed by atoms with E-state index in [2.05, 4.69) is 36.3 Å². The number of benzene rings is 2. The fourth-order valence-corrected chi connectivity index (χ4v) is 6.55. The van der Waals surface area contributed by atoms with Gasteiger partial charge in [0.1, 0.15) is 11.5 Å². The third-order valence-electron chi connectivity index (χ3n) is 5.94. The van der Waals surface area contributed by atoms with E-state index in [1.807, 2.05) is 48.5 Å². The molecule has 4 aromatic rings. The van der Waals surface area contributed by atoms with Crippen molar-refractivity contribution < 1.29 is 19.1 Å². The topological polar surface area (TPSA) is 128 Å². The van der Waals surface area contributed by atoms with E-state index in [9.17, 15) is 9.59 Å². The quantitative estimate of drug-likeness (QED) is 0.0999. The molecule has 14 heteroatoms. The molecule has 2 amide bonds. The SMILES string of the molecule is CCCCCNC(=O)CSc1nc(-c2ccc(OCCCNC(=O)CSc3nc(-c4ccc(OC)cc4)ns3)cc2)ns1. The zero-order chi connectivity index (χ0) is 30.3. The normalized spacial score (nSPS) is 10.8. The molecule has 0 unspecified atom stereocenters. The van der Waals surface area contributed by atoms with Crippen LogP contribution in [-0.4, -0.2) is 68.8 Å². The number of hydrogen-bond acceptors (Lipinski definition) is 12. The Kier molecular flexibility index (Phi) is 13.5. The third kappa shape index (κ3) is 11.1. The number of thioether (sulfide) groups is 2. The van der Waals surface area contributed by atoms with Crippen LogP contribution in [0.4, 0.5) is 0 Å². The van der Waals surface area contributed by atoms with Crippen molar-refractivity contribution in [3.63, 3.8) is 0 Å². The van der Waals surface area contributed by atoms with Gasteiger partial charge in [-0.2, -0.15) is 8.75 Å². The standard InChI is InChI=1S/C29H34N6O4S4/c1-3-4-5-15-30-24(36)18-40-29-33-27(35-43-29)21-9-13-23(14-10-21)39-17-6-16-31-25(37)19-41-28-32-26(34-42-28)20-7-11-22(38-2)12-8-20/h7-14H,3-6,15-19H2,1-2H3,(H,30,36)(H,31,37). The lowest BCUT2D eigenvalue weighted by molar-refractivity contribution is -0.119. The van der Waals surface area contributed by atoms with Gasteiger partial charge in [-0.05, 0) is 84.4 Å². The molecule has 0 saturated heterocycles. The molecular formula is C29H34N6O4S4. The van der Waals surface area contributed by atoms with E-state index in [0.717, 1.165) is 57.1 Å². The van der Waals surface area contributed by atoms with E-state index in [4.69, 9.17) is 9.47 Å². The average molecular weight is 659 g/mol. The van der Waals surface area contributed by atoms with Crippen molar-refractivity contribution in [1.29, 1.82) is 0 Å². The third-order valence-corrected chi connectivity index (χ3v) is 9.61. The molecule has 0 atom stereocenters. The van der Waals surface area contributed by atoms with E-state index in [-0.39, 0.29) is 17.6 Å². The van der Waals surface area contributed by atoms with Gasteiger partial charge in [0, 0.05) is 24.2 Å². The van der Waals surface area contributed by atoms with Gasteiger partial charge in [-0.15, -0.1) is 0 Å². The summed E-state index contributed by atoms with van der Waals surface area (Å²) in [5.74, 6) is 3.36. The molecule has 4 rings (SSSR count). The highest BCUT2D eigenvalue weighted by Crippen LogP contribution is 2.27. The molecule has 2 aromatic heterocycles. The first-order chi connectivity index (χ1) is 21.0. The predicted octanol–water partition coefficient (Wildman–Crippen LogP) is 5.81. The summed E-state index contributed by atoms with van der Waals surface area (Å²) in [6, 6.07) is 15.1. The molecule has 2 N–H and O–H groups in total. The predicted molar refractivity (Wildman–Crippen MR) is 174 cm³/mol. The van der Waals surface area contributed by atoms with Crippen LogP contribution in [0.2, 0.25) is 0 Å². The Morgan fingerprint density at radius 2 is 1.26 bits per heavy atom. The second-order valence-electron chi connectivity index (χ2n) is 9.21. The Labute approximate surface area is 268 Å². The van der Waals surface area contributed by atoms with Crippen molar-refractivity contribution in [3.8, 4) is 34.3 Å². The Morgan fingerprint density at radius 3 is 1.77 bits per heavy atom. The van der Waals surface area contributed by atoms with Gasteiger partial charge in [-0.3, -0.25) is 9.59 Å². The van der Waals surface area contributed by atoms with Crippen LogP contribution < -0.4 is 20.1 Å². The maximum Gasteiger partial charge on any atom is 0.230 e.